The molecule has 3 atom stereocenters. The SMILES string of the molecule is O=C(NC[C@@H]1C[C@H](O)CN1Cc1ccccc1)[C@@H](O)C1CCCCC1. The number of amides is 1. The standard InChI is InChI=1S/C20H30N2O3/c23-18-11-17(22(14-18)13-15-7-3-1-4-8-15)12-21-20(25)19(24)16-9-5-2-6-10-16/h1,3-4,7-8,16-19,23-24H,2,5-6,9-14H2,(H,21,25)/t17-,18-,19-/m0/s1. The van der Waals surface area contributed by atoms with Crippen LogP contribution < -0.4 is 5.32 Å². The van der Waals surface area contributed by atoms with Crippen LogP contribution in [0.5, 0.6) is 0 Å². The van der Waals surface area contributed by atoms with Gasteiger partial charge in [-0.15, -0.1) is 0 Å². The van der Waals surface area contributed by atoms with Gasteiger partial charge in [-0.05, 0) is 30.7 Å². The number of benzene rings is 1. The molecule has 1 aliphatic carbocycles. The van der Waals surface area contributed by atoms with Crippen molar-refractivity contribution in [2.75, 3.05) is 13.1 Å². The van der Waals surface area contributed by atoms with E-state index in [1.54, 1.807) is 0 Å². The number of likely N-dealkylation sites (tertiary alicyclic amines) is 1. The van der Waals surface area contributed by atoms with Gasteiger partial charge in [-0.1, -0.05) is 49.6 Å². The number of aliphatic hydroxyl groups is 2. The van der Waals surface area contributed by atoms with Crippen molar-refractivity contribution >= 4 is 5.91 Å². The van der Waals surface area contributed by atoms with Gasteiger partial charge in [0.25, 0.3) is 0 Å². The van der Waals surface area contributed by atoms with E-state index in [0.717, 1.165) is 32.2 Å². The van der Waals surface area contributed by atoms with Gasteiger partial charge in [0.15, 0.2) is 0 Å². The molecule has 0 radical (unpaired) electrons. The molecule has 1 heterocycles. The van der Waals surface area contributed by atoms with Gasteiger partial charge in [0.1, 0.15) is 6.10 Å². The van der Waals surface area contributed by atoms with Crippen LogP contribution >= 0.6 is 0 Å². The molecule has 3 rings (SSSR count). The average Bonchev–Trinajstić information content (AvgIpc) is 3.00. The largest absolute Gasteiger partial charge is 0.392 e. The second kappa shape index (κ2) is 8.79. The summed E-state index contributed by atoms with van der Waals surface area (Å²) < 4.78 is 0. The highest BCUT2D eigenvalue weighted by atomic mass is 16.3. The third kappa shape index (κ3) is 5.03. The second-order valence-corrected chi connectivity index (χ2v) is 7.55. The molecule has 0 aromatic heterocycles. The lowest BCUT2D eigenvalue weighted by atomic mass is 9.85. The summed E-state index contributed by atoms with van der Waals surface area (Å²) in [5.41, 5.74) is 1.20. The van der Waals surface area contributed by atoms with Crippen LogP contribution in [0.25, 0.3) is 0 Å². The van der Waals surface area contributed by atoms with Gasteiger partial charge >= 0.3 is 0 Å². The topological polar surface area (TPSA) is 72.8 Å². The van der Waals surface area contributed by atoms with E-state index in [4.69, 9.17) is 0 Å². The van der Waals surface area contributed by atoms with Gasteiger partial charge < -0.3 is 15.5 Å². The fraction of sp³-hybridized carbons (Fsp3) is 0.650. The van der Waals surface area contributed by atoms with Gasteiger partial charge in [-0.2, -0.15) is 0 Å². The highest BCUT2D eigenvalue weighted by molar-refractivity contribution is 5.80. The molecule has 0 unspecified atom stereocenters. The Balaban J connectivity index is 1.50. The first-order valence-corrected chi connectivity index (χ1v) is 9.55. The van der Waals surface area contributed by atoms with Crippen LogP contribution in [0.15, 0.2) is 30.3 Å². The summed E-state index contributed by atoms with van der Waals surface area (Å²) in [5.74, 6) is -0.156. The van der Waals surface area contributed by atoms with Crippen LogP contribution in [0, 0.1) is 5.92 Å². The van der Waals surface area contributed by atoms with Gasteiger partial charge in [0.05, 0.1) is 6.10 Å². The Morgan fingerprint density at radius 2 is 1.92 bits per heavy atom. The van der Waals surface area contributed by atoms with E-state index in [1.807, 2.05) is 18.2 Å². The highest BCUT2D eigenvalue weighted by Gasteiger charge is 2.32. The van der Waals surface area contributed by atoms with Crippen LogP contribution in [0.3, 0.4) is 0 Å². The first-order chi connectivity index (χ1) is 12.1. The number of nitrogens with one attached hydrogen (secondary N) is 1. The van der Waals surface area contributed by atoms with Gasteiger partial charge in [-0.3, -0.25) is 9.69 Å². The molecule has 2 fully saturated rings. The fourth-order valence-corrected chi connectivity index (χ4v) is 4.17. The van der Waals surface area contributed by atoms with Crippen molar-refractivity contribution < 1.29 is 15.0 Å². The number of carbonyl (C=O) groups excluding carboxylic acids is 1. The molecule has 1 aliphatic heterocycles. The lowest BCUT2D eigenvalue weighted by Crippen LogP contribution is -2.45. The minimum absolute atomic E-state index is 0.100. The van der Waals surface area contributed by atoms with E-state index < -0.39 is 6.10 Å². The third-order valence-corrected chi connectivity index (χ3v) is 5.61. The Bertz CT molecular complexity index is 545. The van der Waals surface area contributed by atoms with Crippen molar-refractivity contribution in [3.63, 3.8) is 0 Å². The normalized spacial score (nSPS) is 26.5. The molecule has 5 nitrogen and oxygen atoms in total. The summed E-state index contributed by atoms with van der Waals surface area (Å²) in [5, 5.41) is 23.2. The summed E-state index contributed by atoms with van der Waals surface area (Å²) in [6, 6.07) is 10.3. The number of carbonyl (C=O) groups is 1. The Kier molecular flexibility index (Phi) is 6.45. The predicted molar refractivity (Wildman–Crippen MR) is 96.9 cm³/mol. The van der Waals surface area contributed by atoms with Crippen LogP contribution in [0.4, 0.5) is 0 Å². The van der Waals surface area contributed by atoms with E-state index in [0.29, 0.717) is 19.5 Å². The summed E-state index contributed by atoms with van der Waals surface area (Å²) in [7, 11) is 0. The Hall–Kier alpha value is -1.43. The van der Waals surface area contributed by atoms with E-state index >= 15 is 0 Å². The van der Waals surface area contributed by atoms with Crippen LogP contribution in [-0.2, 0) is 11.3 Å². The van der Waals surface area contributed by atoms with E-state index in [1.165, 1.54) is 12.0 Å². The van der Waals surface area contributed by atoms with E-state index in [2.05, 4.69) is 22.3 Å². The number of β-amino-alcohol motifs (C(OH)–C–C–N with tert-alkyl or cyclic N) is 1. The first-order valence-electron chi connectivity index (χ1n) is 9.55. The van der Waals surface area contributed by atoms with E-state index in [9.17, 15) is 15.0 Å². The molecule has 1 amide bonds. The summed E-state index contributed by atoms with van der Waals surface area (Å²) in [6.45, 7) is 1.87. The van der Waals surface area contributed by atoms with Crippen molar-refractivity contribution in [3.05, 3.63) is 35.9 Å². The zero-order valence-corrected chi connectivity index (χ0v) is 14.8. The second-order valence-electron chi connectivity index (χ2n) is 7.55. The summed E-state index contributed by atoms with van der Waals surface area (Å²) in [6.07, 6.45) is 4.71. The third-order valence-electron chi connectivity index (χ3n) is 5.61. The maximum atomic E-state index is 12.3. The number of nitrogens with zero attached hydrogens (tertiary/aromatic N) is 1. The minimum Gasteiger partial charge on any atom is -0.392 e. The monoisotopic (exact) mass is 346 g/mol. The number of hydrogen-bond donors (Lipinski definition) is 3. The molecule has 2 aliphatic rings. The summed E-state index contributed by atoms with van der Waals surface area (Å²) >= 11 is 0. The van der Waals surface area contributed by atoms with Crippen molar-refractivity contribution in [3.8, 4) is 0 Å². The Morgan fingerprint density at radius 1 is 1.20 bits per heavy atom. The first kappa shape index (κ1) is 18.4. The molecule has 25 heavy (non-hydrogen) atoms. The lowest BCUT2D eigenvalue weighted by Gasteiger charge is -2.28. The molecule has 0 bridgehead atoms. The quantitative estimate of drug-likeness (QED) is 0.733. The van der Waals surface area contributed by atoms with Gasteiger partial charge in [0, 0.05) is 25.7 Å². The van der Waals surface area contributed by atoms with Crippen molar-refractivity contribution in [2.24, 2.45) is 5.92 Å². The van der Waals surface area contributed by atoms with Gasteiger partial charge in [-0.25, -0.2) is 0 Å². The molecule has 3 N–H and O–H groups in total. The number of hydrogen-bond acceptors (Lipinski definition) is 4. The zero-order valence-electron chi connectivity index (χ0n) is 14.8. The maximum Gasteiger partial charge on any atom is 0.249 e. The summed E-state index contributed by atoms with van der Waals surface area (Å²) in [4.78, 5) is 14.5. The van der Waals surface area contributed by atoms with Crippen LogP contribution in [0.2, 0.25) is 0 Å². The van der Waals surface area contributed by atoms with Crippen LogP contribution in [-0.4, -0.2) is 52.4 Å². The highest BCUT2D eigenvalue weighted by Crippen LogP contribution is 2.26. The molecule has 5 heteroatoms. The molecule has 1 aromatic carbocycles. The molecular formula is C20H30N2O3. The Labute approximate surface area is 150 Å². The van der Waals surface area contributed by atoms with Crippen molar-refractivity contribution in [1.82, 2.24) is 10.2 Å². The predicted octanol–water partition coefficient (Wildman–Crippen LogP) is 1.68. The minimum atomic E-state index is -0.894. The fourth-order valence-electron chi connectivity index (χ4n) is 4.17. The average molecular weight is 346 g/mol. The molecule has 1 saturated heterocycles. The number of rotatable bonds is 6. The van der Waals surface area contributed by atoms with Gasteiger partial charge in [0.2, 0.25) is 5.91 Å². The molecular weight excluding hydrogens is 316 g/mol. The maximum absolute atomic E-state index is 12.3. The molecule has 1 saturated carbocycles. The molecule has 138 valence electrons. The van der Waals surface area contributed by atoms with Crippen molar-refractivity contribution in [1.29, 1.82) is 0 Å². The van der Waals surface area contributed by atoms with E-state index in [-0.39, 0.29) is 24.0 Å². The molecule has 1 aromatic rings. The van der Waals surface area contributed by atoms with Crippen molar-refractivity contribution in [2.45, 2.75) is 63.3 Å². The smallest absolute Gasteiger partial charge is 0.249 e. The molecule has 0 spiro atoms. The number of aliphatic hydroxyl groups excluding tert-OH is 2. The Morgan fingerprint density at radius 3 is 2.64 bits per heavy atom. The zero-order chi connectivity index (χ0) is 17.6. The van der Waals surface area contributed by atoms with Crippen LogP contribution in [0.1, 0.15) is 44.1 Å². The lowest BCUT2D eigenvalue weighted by molar-refractivity contribution is -0.132.